The Hall–Kier alpha value is -2.56. The van der Waals surface area contributed by atoms with E-state index in [-0.39, 0.29) is 23.7 Å². The molecule has 1 N–H and O–H groups in total. The van der Waals surface area contributed by atoms with Crippen molar-refractivity contribution in [3.8, 4) is 0 Å². The molecule has 25 heavy (non-hydrogen) atoms. The summed E-state index contributed by atoms with van der Waals surface area (Å²) in [5.74, 6) is 0.0737. The minimum atomic E-state index is -0.457. The molecule has 2 heterocycles. The SMILES string of the molecule is COC(=O)[C@H](Cc1c[nH]c2ccccc12)N1C=CC(=O)C[C@H]1C(C)C. The second-order valence-electron chi connectivity index (χ2n) is 6.85. The first kappa shape index (κ1) is 17.3. The third-order valence-corrected chi connectivity index (χ3v) is 4.92. The lowest BCUT2D eigenvalue weighted by molar-refractivity contribution is -0.147. The van der Waals surface area contributed by atoms with Gasteiger partial charge in [0, 0.05) is 42.2 Å². The van der Waals surface area contributed by atoms with Gasteiger partial charge in [-0.1, -0.05) is 32.0 Å². The molecule has 5 nitrogen and oxygen atoms in total. The molecule has 0 fully saturated rings. The van der Waals surface area contributed by atoms with E-state index in [2.05, 4.69) is 18.8 Å². The van der Waals surface area contributed by atoms with Crippen LogP contribution in [-0.2, 0) is 20.7 Å². The first-order valence-corrected chi connectivity index (χ1v) is 8.62. The van der Waals surface area contributed by atoms with Gasteiger partial charge in [0.25, 0.3) is 0 Å². The van der Waals surface area contributed by atoms with Crippen LogP contribution in [0.15, 0.2) is 42.7 Å². The zero-order valence-corrected chi connectivity index (χ0v) is 14.9. The number of carbonyl (C=O) groups excluding carboxylic acids is 2. The normalized spacial score (nSPS) is 18.8. The summed E-state index contributed by atoms with van der Waals surface area (Å²) in [6.07, 6.45) is 6.22. The number of para-hydroxylation sites is 1. The fourth-order valence-corrected chi connectivity index (χ4v) is 3.53. The smallest absolute Gasteiger partial charge is 0.328 e. The quantitative estimate of drug-likeness (QED) is 0.850. The third-order valence-electron chi connectivity index (χ3n) is 4.92. The molecule has 0 amide bonds. The van der Waals surface area contributed by atoms with E-state index in [0.717, 1.165) is 16.5 Å². The second kappa shape index (κ2) is 7.13. The van der Waals surface area contributed by atoms with Crippen molar-refractivity contribution in [3.05, 3.63) is 48.3 Å². The molecule has 1 aromatic carbocycles. The number of hydrogen-bond acceptors (Lipinski definition) is 4. The Bertz CT molecular complexity index is 806. The van der Waals surface area contributed by atoms with Gasteiger partial charge in [-0.25, -0.2) is 4.79 Å². The Morgan fingerprint density at radius 1 is 1.36 bits per heavy atom. The topological polar surface area (TPSA) is 62.4 Å². The number of nitrogens with one attached hydrogen (secondary N) is 1. The molecule has 0 saturated heterocycles. The van der Waals surface area contributed by atoms with E-state index in [9.17, 15) is 9.59 Å². The minimum Gasteiger partial charge on any atom is -0.467 e. The first-order chi connectivity index (χ1) is 12.0. The Morgan fingerprint density at radius 3 is 2.84 bits per heavy atom. The van der Waals surface area contributed by atoms with Crippen molar-refractivity contribution in [2.45, 2.75) is 38.8 Å². The van der Waals surface area contributed by atoms with Crippen LogP contribution in [0.3, 0.4) is 0 Å². The van der Waals surface area contributed by atoms with Crippen LogP contribution < -0.4 is 0 Å². The highest BCUT2D eigenvalue weighted by molar-refractivity contribution is 5.91. The van der Waals surface area contributed by atoms with E-state index in [0.29, 0.717) is 12.8 Å². The number of benzene rings is 1. The van der Waals surface area contributed by atoms with Gasteiger partial charge >= 0.3 is 5.97 Å². The average Bonchev–Trinajstić information content (AvgIpc) is 3.02. The highest BCUT2D eigenvalue weighted by Gasteiger charge is 2.35. The van der Waals surface area contributed by atoms with E-state index < -0.39 is 6.04 Å². The van der Waals surface area contributed by atoms with Crippen LogP contribution in [0.5, 0.6) is 0 Å². The molecule has 0 bridgehead atoms. The van der Waals surface area contributed by atoms with Gasteiger partial charge in [0.2, 0.25) is 0 Å². The lowest BCUT2D eigenvalue weighted by Crippen LogP contribution is -2.50. The highest BCUT2D eigenvalue weighted by Crippen LogP contribution is 2.27. The van der Waals surface area contributed by atoms with Crippen LogP contribution in [0.4, 0.5) is 0 Å². The molecule has 0 unspecified atom stereocenters. The van der Waals surface area contributed by atoms with Crippen molar-refractivity contribution in [1.82, 2.24) is 9.88 Å². The van der Waals surface area contributed by atoms with Crippen molar-refractivity contribution >= 4 is 22.7 Å². The van der Waals surface area contributed by atoms with Crippen molar-refractivity contribution in [2.24, 2.45) is 5.92 Å². The van der Waals surface area contributed by atoms with E-state index in [1.54, 1.807) is 12.3 Å². The number of ether oxygens (including phenoxy) is 1. The predicted octanol–water partition coefficient (Wildman–Crippen LogP) is 3.07. The zero-order valence-electron chi connectivity index (χ0n) is 14.9. The molecular formula is C20H24N2O3. The van der Waals surface area contributed by atoms with Gasteiger partial charge in [0.15, 0.2) is 5.78 Å². The highest BCUT2D eigenvalue weighted by atomic mass is 16.5. The number of H-pyrrole nitrogens is 1. The largest absolute Gasteiger partial charge is 0.467 e. The Morgan fingerprint density at radius 2 is 2.12 bits per heavy atom. The molecule has 0 radical (unpaired) electrons. The molecule has 0 aliphatic carbocycles. The van der Waals surface area contributed by atoms with Crippen LogP contribution in [-0.4, -0.2) is 40.8 Å². The molecule has 1 aliphatic rings. The zero-order chi connectivity index (χ0) is 18.0. The van der Waals surface area contributed by atoms with Crippen LogP contribution in [0.2, 0.25) is 0 Å². The van der Waals surface area contributed by atoms with Gasteiger partial charge in [0.1, 0.15) is 6.04 Å². The molecule has 5 heteroatoms. The van der Waals surface area contributed by atoms with Gasteiger partial charge in [0.05, 0.1) is 7.11 Å². The number of methoxy groups -OCH3 is 1. The van der Waals surface area contributed by atoms with E-state index in [4.69, 9.17) is 4.74 Å². The lowest BCUT2D eigenvalue weighted by atomic mass is 9.91. The van der Waals surface area contributed by atoms with Crippen LogP contribution >= 0.6 is 0 Å². The number of ketones is 1. The maximum atomic E-state index is 12.5. The van der Waals surface area contributed by atoms with Crippen molar-refractivity contribution in [3.63, 3.8) is 0 Å². The Balaban J connectivity index is 1.95. The number of nitrogens with zero attached hydrogens (tertiary/aromatic N) is 1. The van der Waals surface area contributed by atoms with Gasteiger partial charge in [-0.2, -0.15) is 0 Å². The maximum Gasteiger partial charge on any atom is 0.328 e. The number of aromatic amines is 1. The number of hydrogen-bond donors (Lipinski definition) is 1. The van der Waals surface area contributed by atoms with Gasteiger partial charge in [-0.05, 0) is 23.6 Å². The first-order valence-electron chi connectivity index (χ1n) is 8.62. The molecular weight excluding hydrogens is 316 g/mol. The molecule has 0 saturated carbocycles. The minimum absolute atomic E-state index is 0.00759. The molecule has 1 aromatic heterocycles. The molecule has 1 aliphatic heterocycles. The summed E-state index contributed by atoms with van der Waals surface area (Å²) in [4.78, 5) is 29.6. The summed E-state index contributed by atoms with van der Waals surface area (Å²) in [5.41, 5.74) is 2.12. The molecule has 3 rings (SSSR count). The Labute approximate surface area is 147 Å². The number of allylic oxidation sites excluding steroid dienone is 1. The molecule has 0 spiro atoms. The van der Waals surface area contributed by atoms with E-state index >= 15 is 0 Å². The lowest BCUT2D eigenvalue weighted by Gasteiger charge is -2.39. The summed E-state index contributed by atoms with van der Waals surface area (Å²) in [6, 6.07) is 7.57. The fourth-order valence-electron chi connectivity index (χ4n) is 3.53. The van der Waals surface area contributed by atoms with Crippen molar-refractivity contribution < 1.29 is 14.3 Å². The fraction of sp³-hybridized carbons (Fsp3) is 0.400. The molecule has 2 aromatic rings. The standard InChI is InChI=1S/C20H24N2O3/c1-13(2)18-11-15(23)8-9-22(18)19(20(24)25-3)10-14-12-21-17-7-5-4-6-16(14)17/h4-9,12-13,18-19,21H,10-11H2,1-3H3/t18-,19-/m0/s1. The third kappa shape index (κ3) is 3.45. The maximum absolute atomic E-state index is 12.5. The van der Waals surface area contributed by atoms with Crippen molar-refractivity contribution in [1.29, 1.82) is 0 Å². The number of fused-ring (bicyclic) bond motifs is 1. The van der Waals surface area contributed by atoms with Crippen LogP contribution in [0.1, 0.15) is 25.8 Å². The number of rotatable bonds is 5. The summed E-state index contributed by atoms with van der Waals surface area (Å²) < 4.78 is 5.07. The molecule has 2 atom stereocenters. The van der Waals surface area contributed by atoms with Crippen LogP contribution in [0.25, 0.3) is 10.9 Å². The van der Waals surface area contributed by atoms with Crippen LogP contribution in [0, 0.1) is 5.92 Å². The Kier molecular flexibility index (Phi) is 4.93. The monoisotopic (exact) mass is 340 g/mol. The summed E-state index contributed by atoms with van der Waals surface area (Å²) in [6.45, 7) is 4.15. The number of esters is 1. The molecule has 132 valence electrons. The number of aromatic nitrogens is 1. The summed E-state index contributed by atoms with van der Waals surface area (Å²) >= 11 is 0. The van der Waals surface area contributed by atoms with Crippen molar-refractivity contribution in [2.75, 3.05) is 7.11 Å². The van der Waals surface area contributed by atoms with Gasteiger partial charge < -0.3 is 14.6 Å². The summed E-state index contributed by atoms with van der Waals surface area (Å²) in [5, 5.41) is 1.11. The second-order valence-corrected chi connectivity index (χ2v) is 6.85. The summed E-state index contributed by atoms with van der Waals surface area (Å²) in [7, 11) is 1.41. The average molecular weight is 340 g/mol. The number of carbonyl (C=O) groups is 2. The van der Waals surface area contributed by atoms with E-state index in [1.165, 1.54) is 7.11 Å². The van der Waals surface area contributed by atoms with E-state index in [1.807, 2.05) is 35.4 Å². The van der Waals surface area contributed by atoms with Gasteiger partial charge in [-0.3, -0.25) is 4.79 Å². The van der Waals surface area contributed by atoms with Gasteiger partial charge in [-0.15, -0.1) is 0 Å². The predicted molar refractivity (Wildman–Crippen MR) is 97.0 cm³/mol.